The first-order valence-corrected chi connectivity index (χ1v) is 8.70. The van der Waals surface area contributed by atoms with Crippen LogP contribution in [0.5, 0.6) is 0 Å². The fourth-order valence-corrected chi connectivity index (χ4v) is 4.03. The molecule has 0 radical (unpaired) electrons. The molecule has 0 fully saturated rings. The smallest absolute Gasteiger partial charge is 0.306 e. The van der Waals surface area contributed by atoms with Gasteiger partial charge in [-0.05, 0) is 50.9 Å². The Bertz CT molecular complexity index is 913. The number of benzene rings is 2. The summed E-state index contributed by atoms with van der Waals surface area (Å²) in [4.78, 5) is 32.4. The van der Waals surface area contributed by atoms with Crippen molar-refractivity contribution in [2.24, 2.45) is 0 Å². The topological polar surface area (TPSA) is 133 Å². The lowest BCUT2D eigenvalue weighted by Gasteiger charge is -2.25. The summed E-state index contributed by atoms with van der Waals surface area (Å²) in [6.45, 7) is 1.58. The van der Waals surface area contributed by atoms with Gasteiger partial charge in [-0.25, -0.2) is 4.39 Å². The molecular formula is C14H9Br2FN4O6. The molecule has 0 aromatic heterocycles. The zero-order valence-electron chi connectivity index (χ0n) is 13.4. The molecule has 0 bridgehead atoms. The van der Waals surface area contributed by atoms with E-state index in [0.717, 1.165) is 12.1 Å². The number of nitro groups is 3. The maximum absolute atomic E-state index is 13.6. The van der Waals surface area contributed by atoms with Gasteiger partial charge in [0.15, 0.2) is 5.69 Å². The Balaban J connectivity index is 2.91. The van der Waals surface area contributed by atoms with Crippen molar-refractivity contribution in [3.05, 3.63) is 69.4 Å². The molecule has 0 aliphatic carbocycles. The minimum Gasteiger partial charge on any atom is -0.329 e. The van der Waals surface area contributed by atoms with E-state index in [4.69, 9.17) is 0 Å². The van der Waals surface area contributed by atoms with Gasteiger partial charge < -0.3 is 4.90 Å². The summed E-state index contributed by atoms with van der Waals surface area (Å²) in [6, 6.07) is 3.48. The third-order valence-electron chi connectivity index (χ3n) is 3.50. The average molecular weight is 508 g/mol. The lowest BCUT2D eigenvalue weighted by Crippen LogP contribution is -2.20. The SMILES string of the molecule is CCN(c1c(Br)cc(F)cc1Br)c1c([N+](=O)[O-])cc([N+](=O)[O-])cc1[N+](=O)[O-]. The van der Waals surface area contributed by atoms with Crippen molar-refractivity contribution in [1.29, 1.82) is 0 Å². The quantitative estimate of drug-likeness (QED) is 0.385. The van der Waals surface area contributed by atoms with Gasteiger partial charge in [0, 0.05) is 15.5 Å². The molecule has 0 aliphatic rings. The van der Waals surface area contributed by atoms with Crippen molar-refractivity contribution < 1.29 is 19.2 Å². The zero-order chi connectivity index (χ0) is 20.5. The van der Waals surface area contributed by atoms with Crippen LogP contribution >= 0.6 is 31.9 Å². The summed E-state index contributed by atoms with van der Waals surface area (Å²) in [5.74, 6) is -0.610. The summed E-state index contributed by atoms with van der Waals surface area (Å²) in [5, 5.41) is 34.0. The molecule has 27 heavy (non-hydrogen) atoms. The van der Waals surface area contributed by atoms with Crippen molar-refractivity contribution >= 4 is 60.3 Å². The maximum Gasteiger partial charge on any atom is 0.306 e. The fourth-order valence-electron chi connectivity index (χ4n) is 2.47. The largest absolute Gasteiger partial charge is 0.329 e. The van der Waals surface area contributed by atoms with E-state index < -0.39 is 43.3 Å². The number of non-ortho nitro benzene ring substituents is 1. The highest BCUT2D eigenvalue weighted by Crippen LogP contribution is 2.47. The molecule has 0 amide bonds. The molecule has 2 aromatic carbocycles. The van der Waals surface area contributed by atoms with Crippen molar-refractivity contribution in [2.75, 3.05) is 11.4 Å². The van der Waals surface area contributed by atoms with Crippen LogP contribution in [-0.4, -0.2) is 21.3 Å². The zero-order valence-corrected chi connectivity index (χ0v) is 16.6. The number of rotatable bonds is 6. The van der Waals surface area contributed by atoms with Crippen LogP contribution in [-0.2, 0) is 0 Å². The van der Waals surface area contributed by atoms with Gasteiger partial charge in [-0.15, -0.1) is 0 Å². The fraction of sp³-hybridized carbons (Fsp3) is 0.143. The van der Waals surface area contributed by atoms with Gasteiger partial charge in [0.1, 0.15) is 5.82 Å². The van der Waals surface area contributed by atoms with E-state index in [9.17, 15) is 34.7 Å². The van der Waals surface area contributed by atoms with E-state index >= 15 is 0 Å². The Hall–Kier alpha value is -2.67. The van der Waals surface area contributed by atoms with Gasteiger partial charge in [-0.3, -0.25) is 30.3 Å². The van der Waals surface area contributed by atoms with Gasteiger partial charge >= 0.3 is 11.4 Å². The molecule has 142 valence electrons. The van der Waals surface area contributed by atoms with Gasteiger partial charge in [0.25, 0.3) is 5.69 Å². The summed E-state index contributed by atoms with van der Waals surface area (Å²) < 4.78 is 13.9. The van der Waals surface area contributed by atoms with Crippen LogP contribution in [0.4, 0.5) is 32.8 Å². The number of hydrogen-bond donors (Lipinski definition) is 0. The van der Waals surface area contributed by atoms with Crippen molar-refractivity contribution in [3.8, 4) is 0 Å². The first-order chi connectivity index (χ1) is 12.6. The third kappa shape index (κ3) is 4.03. The minimum atomic E-state index is -0.955. The number of nitrogens with zero attached hydrogens (tertiary/aromatic N) is 4. The van der Waals surface area contributed by atoms with Crippen LogP contribution in [0.2, 0.25) is 0 Å². The van der Waals surface area contributed by atoms with Crippen LogP contribution < -0.4 is 4.90 Å². The highest BCUT2D eigenvalue weighted by Gasteiger charge is 2.35. The molecule has 2 aromatic rings. The summed E-state index contributed by atoms with van der Waals surface area (Å²) >= 11 is 6.28. The highest BCUT2D eigenvalue weighted by atomic mass is 79.9. The van der Waals surface area contributed by atoms with E-state index in [0.29, 0.717) is 12.1 Å². The van der Waals surface area contributed by atoms with E-state index in [-0.39, 0.29) is 21.2 Å². The predicted molar refractivity (Wildman–Crippen MR) is 101 cm³/mol. The van der Waals surface area contributed by atoms with Gasteiger partial charge in [-0.2, -0.15) is 0 Å². The van der Waals surface area contributed by atoms with Crippen molar-refractivity contribution in [2.45, 2.75) is 6.92 Å². The lowest BCUT2D eigenvalue weighted by molar-refractivity contribution is -0.402. The standard InChI is InChI=1S/C14H9Br2FN4O6/c1-2-18(13-9(15)3-7(17)4-10(13)16)14-11(20(24)25)5-8(19(22)23)6-12(14)21(26)27/h3-6H,2H2,1H3. The van der Waals surface area contributed by atoms with Crippen molar-refractivity contribution in [1.82, 2.24) is 0 Å². The third-order valence-corrected chi connectivity index (χ3v) is 4.71. The Morgan fingerprint density at radius 2 is 1.33 bits per heavy atom. The molecule has 0 heterocycles. The average Bonchev–Trinajstić information content (AvgIpc) is 2.56. The van der Waals surface area contributed by atoms with Crippen LogP contribution in [0.25, 0.3) is 0 Å². The molecule has 10 nitrogen and oxygen atoms in total. The summed E-state index contributed by atoms with van der Waals surface area (Å²) in [6.07, 6.45) is 0. The molecule has 0 saturated carbocycles. The van der Waals surface area contributed by atoms with Crippen LogP contribution in [0.3, 0.4) is 0 Å². The Kier molecular flexibility index (Phi) is 6.05. The normalized spacial score (nSPS) is 10.5. The molecular weight excluding hydrogens is 499 g/mol. The van der Waals surface area contributed by atoms with Gasteiger partial charge in [0.2, 0.25) is 0 Å². The van der Waals surface area contributed by atoms with Crippen LogP contribution in [0.1, 0.15) is 6.92 Å². The number of hydrogen-bond acceptors (Lipinski definition) is 7. The van der Waals surface area contributed by atoms with E-state index in [1.807, 2.05) is 0 Å². The molecule has 13 heteroatoms. The monoisotopic (exact) mass is 506 g/mol. The predicted octanol–water partition coefficient (Wildman–Crippen LogP) is 5.23. The minimum absolute atomic E-state index is 0.0162. The van der Waals surface area contributed by atoms with Crippen LogP contribution in [0.15, 0.2) is 33.2 Å². The van der Waals surface area contributed by atoms with Gasteiger partial charge in [-0.1, -0.05) is 0 Å². The molecule has 0 N–H and O–H groups in total. The molecule has 2 rings (SSSR count). The summed E-state index contributed by atoms with van der Waals surface area (Å²) in [7, 11) is 0. The maximum atomic E-state index is 13.6. The Morgan fingerprint density at radius 3 is 1.67 bits per heavy atom. The molecule has 0 atom stereocenters. The lowest BCUT2D eigenvalue weighted by atomic mass is 10.1. The number of anilines is 2. The van der Waals surface area contributed by atoms with E-state index in [1.165, 1.54) is 4.90 Å². The Labute approximate surface area is 167 Å². The molecule has 0 spiro atoms. The van der Waals surface area contributed by atoms with Crippen LogP contribution in [0, 0.1) is 36.2 Å². The molecule has 0 unspecified atom stereocenters. The highest BCUT2D eigenvalue weighted by molar-refractivity contribution is 9.11. The second-order valence-corrected chi connectivity index (χ2v) is 6.77. The number of halogens is 3. The van der Waals surface area contributed by atoms with Gasteiger partial charge in [0.05, 0.1) is 32.6 Å². The molecule has 0 aliphatic heterocycles. The van der Waals surface area contributed by atoms with Crippen molar-refractivity contribution in [3.63, 3.8) is 0 Å². The second kappa shape index (κ2) is 7.92. The van der Waals surface area contributed by atoms with E-state index in [2.05, 4.69) is 31.9 Å². The Morgan fingerprint density at radius 1 is 0.889 bits per heavy atom. The first-order valence-electron chi connectivity index (χ1n) is 7.11. The number of nitro benzene ring substituents is 3. The summed E-state index contributed by atoms with van der Waals surface area (Å²) in [5.41, 5.74) is -2.68. The van der Waals surface area contributed by atoms with E-state index in [1.54, 1.807) is 6.92 Å². The first kappa shape index (κ1) is 20.6. The second-order valence-electron chi connectivity index (χ2n) is 5.07. The molecule has 0 saturated heterocycles.